The fourth-order valence-electron chi connectivity index (χ4n) is 7.38. The van der Waals surface area contributed by atoms with Crippen LogP contribution in [0.25, 0.3) is 0 Å². The minimum absolute atomic E-state index is 0.582. The van der Waals surface area contributed by atoms with Crippen molar-refractivity contribution in [1.29, 1.82) is 0 Å². The first-order valence-electron chi connectivity index (χ1n) is 10.1. The molecule has 21 heavy (non-hydrogen) atoms. The van der Waals surface area contributed by atoms with E-state index in [9.17, 15) is 0 Å². The van der Waals surface area contributed by atoms with Crippen molar-refractivity contribution >= 4 is 0 Å². The molecule has 3 fully saturated rings. The molecule has 3 aliphatic carbocycles. The first-order valence-corrected chi connectivity index (χ1v) is 10.1. The fourth-order valence-corrected chi connectivity index (χ4v) is 7.38. The van der Waals surface area contributed by atoms with Crippen LogP contribution in [0.2, 0.25) is 0 Å². The summed E-state index contributed by atoms with van der Waals surface area (Å²) in [6.07, 6.45) is 16.5. The van der Waals surface area contributed by atoms with Crippen LogP contribution in [-0.4, -0.2) is 0 Å². The van der Waals surface area contributed by atoms with Crippen LogP contribution >= 0.6 is 0 Å². The Morgan fingerprint density at radius 1 is 0.857 bits per heavy atom. The number of hydrogen-bond acceptors (Lipinski definition) is 0. The van der Waals surface area contributed by atoms with Gasteiger partial charge in [0, 0.05) is 0 Å². The molecule has 122 valence electrons. The van der Waals surface area contributed by atoms with Crippen LogP contribution in [0.5, 0.6) is 0 Å². The van der Waals surface area contributed by atoms with Crippen molar-refractivity contribution in [1.82, 2.24) is 0 Å². The molecule has 3 aliphatic rings. The summed E-state index contributed by atoms with van der Waals surface area (Å²) in [4.78, 5) is 0. The lowest BCUT2D eigenvalue weighted by Gasteiger charge is -2.53. The summed E-state index contributed by atoms with van der Waals surface area (Å²) >= 11 is 0. The van der Waals surface area contributed by atoms with Crippen LogP contribution in [-0.2, 0) is 0 Å². The Hall–Kier alpha value is 0. The molecule has 5 unspecified atom stereocenters. The summed E-state index contributed by atoms with van der Waals surface area (Å²) in [5.74, 6) is 4.29. The summed E-state index contributed by atoms with van der Waals surface area (Å²) in [6, 6.07) is 0. The van der Waals surface area contributed by atoms with Gasteiger partial charge in [0.25, 0.3) is 0 Å². The molecule has 0 bridgehead atoms. The van der Waals surface area contributed by atoms with E-state index < -0.39 is 0 Å². The largest absolute Gasteiger partial charge is 0.0654 e. The Morgan fingerprint density at radius 3 is 1.76 bits per heavy atom. The molecule has 0 saturated heterocycles. The van der Waals surface area contributed by atoms with Crippen molar-refractivity contribution in [2.24, 2.45) is 34.5 Å². The molecule has 3 rings (SSSR count). The van der Waals surface area contributed by atoms with Crippen molar-refractivity contribution in [3.63, 3.8) is 0 Å². The van der Waals surface area contributed by atoms with E-state index in [4.69, 9.17) is 0 Å². The molecular formula is C21H38. The van der Waals surface area contributed by atoms with Gasteiger partial charge >= 0.3 is 0 Å². The third kappa shape index (κ3) is 2.22. The normalized spacial score (nSPS) is 45.7. The predicted octanol–water partition coefficient (Wildman–Crippen LogP) is 6.84. The molecule has 0 aromatic rings. The first-order chi connectivity index (χ1) is 10.1. The Labute approximate surface area is 133 Å². The molecule has 0 aromatic carbocycles. The van der Waals surface area contributed by atoms with Crippen LogP contribution in [0.15, 0.2) is 0 Å². The molecule has 0 N–H and O–H groups in total. The van der Waals surface area contributed by atoms with Crippen molar-refractivity contribution in [3.05, 3.63) is 0 Å². The van der Waals surface area contributed by atoms with Crippen LogP contribution in [0.4, 0.5) is 0 Å². The highest BCUT2D eigenvalue weighted by Crippen LogP contribution is 2.70. The van der Waals surface area contributed by atoms with E-state index >= 15 is 0 Å². The zero-order chi connectivity index (χ0) is 15.1. The summed E-state index contributed by atoms with van der Waals surface area (Å²) in [7, 11) is 0. The Kier molecular flexibility index (Phi) is 4.46. The van der Waals surface area contributed by atoms with Gasteiger partial charge in [0.05, 0.1) is 0 Å². The zero-order valence-electron chi connectivity index (χ0n) is 15.1. The summed E-state index contributed by atoms with van der Waals surface area (Å²) in [6.45, 7) is 10.3. The molecule has 0 heterocycles. The van der Waals surface area contributed by atoms with Gasteiger partial charge < -0.3 is 0 Å². The number of rotatable bonds is 4. The van der Waals surface area contributed by atoms with Gasteiger partial charge in [-0.2, -0.15) is 0 Å². The lowest BCUT2D eigenvalue weighted by Crippen LogP contribution is -2.46. The Bertz CT molecular complexity index is 335. The van der Waals surface area contributed by atoms with Gasteiger partial charge in [-0.3, -0.25) is 0 Å². The zero-order valence-corrected chi connectivity index (χ0v) is 15.1. The highest BCUT2D eigenvalue weighted by molar-refractivity contribution is 5.11. The molecule has 0 heteroatoms. The van der Waals surface area contributed by atoms with Crippen molar-refractivity contribution in [2.45, 2.75) is 98.3 Å². The summed E-state index contributed by atoms with van der Waals surface area (Å²) in [5, 5.41) is 0. The van der Waals surface area contributed by atoms with E-state index in [0.29, 0.717) is 10.8 Å². The Balaban J connectivity index is 2.00. The van der Waals surface area contributed by atoms with Crippen molar-refractivity contribution in [2.75, 3.05) is 0 Å². The average Bonchev–Trinajstić information content (AvgIpc) is 2.80. The fraction of sp³-hybridized carbons (Fsp3) is 1.00. The maximum absolute atomic E-state index is 2.76. The molecule has 3 saturated carbocycles. The van der Waals surface area contributed by atoms with Crippen LogP contribution < -0.4 is 0 Å². The van der Waals surface area contributed by atoms with Gasteiger partial charge in [-0.25, -0.2) is 0 Å². The second kappa shape index (κ2) is 5.89. The molecule has 0 aliphatic heterocycles. The SMILES string of the molecule is CCCC(C)(CC)C1(C)C2CCCCC2C2CCCCC21. The van der Waals surface area contributed by atoms with Crippen molar-refractivity contribution in [3.8, 4) is 0 Å². The minimum atomic E-state index is 0.582. The van der Waals surface area contributed by atoms with E-state index in [1.165, 1.54) is 44.9 Å². The molecule has 0 spiro atoms. The van der Waals surface area contributed by atoms with Gasteiger partial charge in [0.15, 0.2) is 0 Å². The average molecular weight is 291 g/mol. The maximum Gasteiger partial charge on any atom is -0.0210 e. The summed E-state index contributed by atoms with van der Waals surface area (Å²) in [5.41, 5.74) is 1.21. The first kappa shape index (κ1) is 15.9. The lowest BCUT2D eigenvalue weighted by molar-refractivity contribution is -0.0480. The number of hydrogen-bond donors (Lipinski definition) is 0. The molecule has 0 aromatic heterocycles. The smallest absolute Gasteiger partial charge is 0.0210 e. The molecule has 0 nitrogen and oxygen atoms in total. The van der Waals surface area contributed by atoms with E-state index in [-0.39, 0.29) is 0 Å². The van der Waals surface area contributed by atoms with Gasteiger partial charge in [0.2, 0.25) is 0 Å². The minimum Gasteiger partial charge on any atom is -0.0654 e. The molecule has 0 amide bonds. The second-order valence-corrected chi connectivity index (χ2v) is 9.06. The quantitative estimate of drug-likeness (QED) is 0.532. The summed E-state index contributed by atoms with van der Waals surface area (Å²) < 4.78 is 0. The standard InChI is InChI=1S/C21H38/c1-5-15-20(3,6-2)21(4)18-13-9-7-11-16(18)17-12-8-10-14-19(17)21/h16-19H,5-15H2,1-4H3. The Morgan fingerprint density at radius 2 is 1.33 bits per heavy atom. The van der Waals surface area contributed by atoms with Crippen LogP contribution in [0.3, 0.4) is 0 Å². The van der Waals surface area contributed by atoms with Gasteiger partial charge in [0.1, 0.15) is 0 Å². The van der Waals surface area contributed by atoms with Gasteiger partial charge in [-0.15, -0.1) is 0 Å². The van der Waals surface area contributed by atoms with Crippen LogP contribution in [0, 0.1) is 34.5 Å². The molecule has 5 atom stereocenters. The van der Waals surface area contributed by atoms with Gasteiger partial charge in [-0.1, -0.05) is 66.2 Å². The van der Waals surface area contributed by atoms with E-state index in [1.807, 2.05) is 0 Å². The maximum atomic E-state index is 2.76. The van der Waals surface area contributed by atoms with E-state index in [2.05, 4.69) is 27.7 Å². The highest BCUT2D eigenvalue weighted by atomic mass is 14.7. The predicted molar refractivity (Wildman–Crippen MR) is 92.3 cm³/mol. The van der Waals surface area contributed by atoms with E-state index in [1.54, 1.807) is 25.7 Å². The monoisotopic (exact) mass is 290 g/mol. The highest BCUT2D eigenvalue weighted by Gasteiger charge is 2.62. The van der Waals surface area contributed by atoms with E-state index in [0.717, 1.165) is 23.7 Å². The number of fused-ring (bicyclic) bond motifs is 3. The lowest BCUT2D eigenvalue weighted by atomic mass is 9.51. The second-order valence-electron chi connectivity index (χ2n) is 9.06. The molecular weight excluding hydrogens is 252 g/mol. The van der Waals surface area contributed by atoms with Gasteiger partial charge in [-0.05, 0) is 66.6 Å². The third-order valence-electron chi connectivity index (χ3n) is 8.61. The van der Waals surface area contributed by atoms with Crippen molar-refractivity contribution < 1.29 is 0 Å². The van der Waals surface area contributed by atoms with Crippen LogP contribution in [0.1, 0.15) is 98.3 Å². The third-order valence-corrected chi connectivity index (χ3v) is 8.61. The topological polar surface area (TPSA) is 0 Å². The molecule has 0 radical (unpaired) electrons.